The van der Waals surface area contributed by atoms with Gasteiger partial charge in [0.05, 0.1) is 17.3 Å². The van der Waals surface area contributed by atoms with Crippen LogP contribution in [0.15, 0.2) is 30.6 Å². The number of aryl methyl sites for hydroxylation is 4. The normalized spacial score (nSPS) is 13.6. The molecule has 1 N–H and O–H groups in total. The number of rotatable bonds is 5. The van der Waals surface area contributed by atoms with Crippen LogP contribution in [0, 0.1) is 13.8 Å². The molecule has 1 aliphatic rings. The average molecular weight is 362 g/mol. The average Bonchev–Trinajstić information content (AvgIpc) is 3.08. The van der Waals surface area contributed by atoms with Gasteiger partial charge in [-0.15, -0.1) is 0 Å². The maximum absolute atomic E-state index is 13.1. The third kappa shape index (κ3) is 3.72. The minimum absolute atomic E-state index is 0.0304. The highest BCUT2D eigenvalue weighted by molar-refractivity contribution is 6.07. The Morgan fingerprint density at radius 2 is 2.04 bits per heavy atom. The van der Waals surface area contributed by atoms with Crippen molar-refractivity contribution < 1.29 is 4.79 Å². The number of fused-ring (bicyclic) bond motifs is 2. The van der Waals surface area contributed by atoms with Gasteiger partial charge in [0.25, 0.3) is 5.91 Å². The molecule has 1 aliphatic carbocycles. The van der Waals surface area contributed by atoms with Crippen molar-refractivity contribution in [2.45, 2.75) is 52.5 Å². The molecule has 4 rings (SSSR count). The number of nitrogens with one attached hydrogen (secondary N) is 1. The Hall–Kier alpha value is -2.69. The summed E-state index contributed by atoms with van der Waals surface area (Å²) in [5.74, 6) is 0.0304. The van der Waals surface area contributed by atoms with Crippen LogP contribution in [-0.2, 0) is 19.4 Å². The Balaban J connectivity index is 1.55. The summed E-state index contributed by atoms with van der Waals surface area (Å²) in [4.78, 5) is 17.9. The molecule has 0 aliphatic heterocycles. The van der Waals surface area contributed by atoms with Crippen LogP contribution in [0.3, 0.4) is 0 Å². The van der Waals surface area contributed by atoms with Crippen LogP contribution in [-0.4, -0.2) is 27.2 Å². The van der Waals surface area contributed by atoms with Gasteiger partial charge in [-0.3, -0.25) is 14.5 Å². The van der Waals surface area contributed by atoms with Gasteiger partial charge in [-0.25, -0.2) is 0 Å². The Labute approximate surface area is 159 Å². The van der Waals surface area contributed by atoms with Gasteiger partial charge in [-0.05, 0) is 69.2 Å². The topological polar surface area (TPSA) is 59.8 Å². The predicted octanol–water partition coefficient (Wildman–Crippen LogP) is 3.75. The highest BCUT2D eigenvalue weighted by Crippen LogP contribution is 2.29. The van der Waals surface area contributed by atoms with Crippen molar-refractivity contribution in [1.82, 2.24) is 20.1 Å². The number of carbonyl (C=O) groups excluding carboxylic acids is 1. The second-order valence-corrected chi connectivity index (χ2v) is 7.53. The fourth-order valence-electron chi connectivity index (χ4n) is 3.92. The molecular formula is C22H26N4O. The summed E-state index contributed by atoms with van der Waals surface area (Å²) in [6, 6.07) is 6.20. The molecule has 0 bridgehead atoms. The highest BCUT2D eigenvalue weighted by atomic mass is 16.1. The highest BCUT2D eigenvalue weighted by Gasteiger charge is 2.22. The third-order valence-corrected chi connectivity index (χ3v) is 5.26. The molecule has 0 radical (unpaired) electrons. The van der Waals surface area contributed by atoms with Crippen molar-refractivity contribution in [3.63, 3.8) is 0 Å². The van der Waals surface area contributed by atoms with Gasteiger partial charge in [0.15, 0.2) is 0 Å². The SMILES string of the molecule is Cc1ccc2nc3c(c(C(=O)NCCCn4cc(C)cn4)c2c1)CCCC3. The monoisotopic (exact) mass is 362 g/mol. The molecule has 5 heteroatoms. The lowest BCUT2D eigenvalue weighted by Gasteiger charge is -2.20. The van der Waals surface area contributed by atoms with Gasteiger partial charge in [0, 0.05) is 30.4 Å². The molecule has 3 aromatic rings. The second kappa shape index (κ2) is 7.51. The predicted molar refractivity (Wildman–Crippen MR) is 107 cm³/mol. The van der Waals surface area contributed by atoms with Crippen LogP contribution in [0.5, 0.6) is 0 Å². The van der Waals surface area contributed by atoms with Gasteiger partial charge in [0.2, 0.25) is 0 Å². The van der Waals surface area contributed by atoms with E-state index in [1.807, 2.05) is 30.1 Å². The molecule has 2 aromatic heterocycles. The van der Waals surface area contributed by atoms with Crippen LogP contribution < -0.4 is 5.32 Å². The molecule has 0 unspecified atom stereocenters. The number of benzene rings is 1. The lowest BCUT2D eigenvalue weighted by atomic mass is 9.89. The number of carbonyl (C=O) groups is 1. The lowest BCUT2D eigenvalue weighted by Crippen LogP contribution is -2.28. The van der Waals surface area contributed by atoms with Crippen molar-refractivity contribution in [3.8, 4) is 0 Å². The van der Waals surface area contributed by atoms with E-state index in [1.165, 1.54) is 0 Å². The summed E-state index contributed by atoms with van der Waals surface area (Å²) in [6.45, 7) is 5.54. The quantitative estimate of drug-likeness (QED) is 0.703. The summed E-state index contributed by atoms with van der Waals surface area (Å²) in [5.41, 5.74) is 6.34. The largest absolute Gasteiger partial charge is 0.352 e. The van der Waals surface area contributed by atoms with E-state index >= 15 is 0 Å². The van der Waals surface area contributed by atoms with E-state index in [2.05, 4.69) is 29.5 Å². The fraction of sp³-hybridized carbons (Fsp3) is 0.409. The van der Waals surface area contributed by atoms with E-state index in [0.717, 1.165) is 77.5 Å². The molecule has 5 nitrogen and oxygen atoms in total. The maximum atomic E-state index is 13.1. The zero-order valence-corrected chi connectivity index (χ0v) is 16.1. The minimum atomic E-state index is 0.0304. The van der Waals surface area contributed by atoms with E-state index < -0.39 is 0 Å². The first-order valence-corrected chi connectivity index (χ1v) is 9.81. The van der Waals surface area contributed by atoms with Crippen molar-refractivity contribution in [3.05, 3.63) is 58.5 Å². The van der Waals surface area contributed by atoms with Crippen molar-refractivity contribution in [2.75, 3.05) is 6.54 Å². The Morgan fingerprint density at radius 1 is 1.19 bits per heavy atom. The molecule has 0 saturated heterocycles. The molecule has 0 saturated carbocycles. The Kier molecular flexibility index (Phi) is 4.92. The molecule has 1 amide bonds. The number of nitrogens with zero attached hydrogens (tertiary/aromatic N) is 3. The maximum Gasteiger partial charge on any atom is 0.252 e. The first-order valence-electron chi connectivity index (χ1n) is 9.81. The van der Waals surface area contributed by atoms with Crippen LogP contribution in [0.4, 0.5) is 0 Å². The van der Waals surface area contributed by atoms with Crippen LogP contribution in [0.25, 0.3) is 10.9 Å². The Morgan fingerprint density at radius 3 is 2.85 bits per heavy atom. The standard InChI is InChI=1S/C22H26N4O/c1-15-8-9-20-18(12-15)21(17-6-3-4-7-19(17)25-20)22(27)23-10-5-11-26-14-16(2)13-24-26/h8-9,12-14H,3-7,10-11H2,1-2H3,(H,23,27). The third-order valence-electron chi connectivity index (χ3n) is 5.26. The van der Waals surface area contributed by atoms with E-state index in [9.17, 15) is 4.79 Å². The summed E-state index contributed by atoms with van der Waals surface area (Å²) in [6.07, 6.45) is 8.94. The van der Waals surface area contributed by atoms with Crippen LogP contribution in [0.1, 0.15) is 52.0 Å². The summed E-state index contributed by atoms with van der Waals surface area (Å²) in [5, 5.41) is 8.41. The molecule has 0 spiro atoms. The first kappa shape index (κ1) is 17.7. The number of pyridine rings is 1. The first-order chi connectivity index (χ1) is 13.1. The molecule has 1 aromatic carbocycles. The van der Waals surface area contributed by atoms with Gasteiger partial charge in [-0.2, -0.15) is 5.10 Å². The van der Waals surface area contributed by atoms with Crippen LogP contribution >= 0.6 is 0 Å². The zero-order valence-electron chi connectivity index (χ0n) is 16.1. The molecule has 140 valence electrons. The van der Waals surface area contributed by atoms with Gasteiger partial charge >= 0.3 is 0 Å². The molecule has 2 heterocycles. The number of hydrogen-bond donors (Lipinski definition) is 1. The zero-order chi connectivity index (χ0) is 18.8. The smallest absolute Gasteiger partial charge is 0.252 e. The number of amides is 1. The van der Waals surface area contributed by atoms with Gasteiger partial charge in [-0.1, -0.05) is 11.6 Å². The van der Waals surface area contributed by atoms with Crippen molar-refractivity contribution in [2.24, 2.45) is 0 Å². The number of hydrogen-bond acceptors (Lipinski definition) is 3. The van der Waals surface area contributed by atoms with Gasteiger partial charge < -0.3 is 5.32 Å². The van der Waals surface area contributed by atoms with Crippen molar-refractivity contribution >= 4 is 16.8 Å². The van der Waals surface area contributed by atoms with E-state index in [-0.39, 0.29) is 5.91 Å². The number of aromatic nitrogens is 3. The molecule has 0 fully saturated rings. The lowest BCUT2D eigenvalue weighted by molar-refractivity contribution is 0.0953. The van der Waals surface area contributed by atoms with Gasteiger partial charge in [0.1, 0.15) is 0 Å². The minimum Gasteiger partial charge on any atom is -0.352 e. The van der Waals surface area contributed by atoms with Crippen molar-refractivity contribution in [1.29, 1.82) is 0 Å². The Bertz CT molecular complexity index is 989. The summed E-state index contributed by atoms with van der Waals surface area (Å²) < 4.78 is 1.93. The van der Waals surface area contributed by atoms with E-state index in [4.69, 9.17) is 4.98 Å². The summed E-state index contributed by atoms with van der Waals surface area (Å²) >= 11 is 0. The second-order valence-electron chi connectivity index (χ2n) is 7.53. The molecular weight excluding hydrogens is 336 g/mol. The van der Waals surface area contributed by atoms with Crippen LogP contribution in [0.2, 0.25) is 0 Å². The molecule has 0 atom stereocenters. The summed E-state index contributed by atoms with van der Waals surface area (Å²) in [7, 11) is 0. The molecule has 27 heavy (non-hydrogen) atoms. The fourth-order valence-corrected chi connectivity index (χ4v) is 3.92. The van der Waals surface area contributed by atoms with E-state index in [1.54, 1.807) is 0 Å². The van der Waals surface area contributed by atoms with E-state index in [0.29, 0.717) is 6.54 Å².